The molecule has 0 unspecified atom stereocenters. The minimum atomic E-state index is -4.44. The van der Waals surface area contributed by atoms with Gasteiger partial charge >= 0.3 is 6.18 Å². The second-order valence-electron chi connectivity index (χ2n) is 6.42. The normalized spacial score (nSPS) is 14.7. The molecule has 0 aliphatic carbocycles. The van der Waals surface area contributed by atoms with Crippen molar-refractivity contribution < 1.29 is 22.8 Å². The molecule has 1 saturated heterocycles. The van der Waals surface area contributed by atoms with Crippen molar-refractivity contribution in [3.8, 4) is 0 Å². The summed E-state index contributed by atoms with van der Waals surface area (Å²) < 4.78 is 37.8. The lowest BCUT2D eigenvalue weighted by Crippen LogP contribution is -2.48. The molecule has 1 aliphatic heterocycles. The highest BCUT2D eigenvalue weighted by Crippen LogP contribution is 2.29. The fraction of sp³-hybridized carbons (Fsp3) is 0.316. The Morgan fingerprint density at radius 2 is 1.64 bits per heavy atom. The monoisotopic (exact) mass is 392 g/mol. The number of piperazine rings is 1. The van der Waals surface area contributed by atoms with Crippen LogP contribution in [0.2, 0.25) is 0 Å². The number of rotatable bonds is 3. The number of hydrogen-bond donors (Lipinski definition) is 1. The van der Waals surface area contributed by atoms with E-state index < -0.39 is 17.6 Å². The van der Waals surface area contributed by atoms with Crippen LogP contribution in [-0.4, -0.2) is 47.9 Å². The molecule has 1 aromatic heterocycles. The summed E-state index contributed by atoms with van der Waals surface area (Å²) >= 11 is 0. The number of alkyl halides is 3. The van der Waals surface area contributed by atoms with Crippen LogP contribution < -0.4 is 10.2 Å². The van der Waals surface area contributed by atoms with Crippen LogP contribution in [-0.2, 0) is 11.0 Å². The van der Waals surface area contributed by atoms with E-state index in [0.717, 1.165) is 30.0 Å². The van der Waals surface area contributed by atoms with Crippen molar-refractivity contribution in [2.24, 2.45) is 0 Å². The predicted octanol–water partition coefficient (Wildman–Crippen LogP) is 3.02. The lowest BCUT2D eigenvalue weighted by atomic mass is 10.1. The molecule has 148 valence electrons. The Balaban J connectivity index is 1.60. The molecule has 2 amide bonds. The van der Waals surface area contributed by atoms with Crippen LogP contribution in [0.15, 0.2) is 42.6 Å². The number of amides is 2. The average Bonchev–Trinajstić information content (AvgIpc) is 2.68. The Morgan fingerprint density at radius 1 is 1.00 bits per heavy atom. The van der Waals surface area contributed by atoms with E-state index in [-0.39, 0.29) is 11.5 Å². The first-order valence-electron chi connectivity index (χ1n) is 8.69. The summed E-state index contributed by atoms with van der Waals surface area (Å²) in [7, 11) is 0. The van der Waals surface area contributed by atoms with Gasteiger partial charge in [-0.05, 0) is 36.4 Å². The molecule has 2 heterocycles. The van der Waals surface area contributed by atoms with Gasteiger partial charge in [0.1, 0.15) is 5.82 Å². The fourth-order valence-electron chi connectivity index (χ4n) is 2.93. The molecule has 1 aliphatic rings. The topological polar surface area (TPSA) is 65.5 Å². The van der Waals surface area contributed by atoms with Crippen molar-refractivity contribution in [2.45, 2.75) is 13.1 Å². The highest BCUT2D eigenvalue weighted by Gasteiger charge is 2.30. The lowest BCUT2D eigenvalue weighted by Gasteiger charge is -2.35. The van der Waals surface area contributed by atoms with Crippen LogP contribution in [0.1, 0.15) is 22.8 Å². The smallest absolute Gasteiger partial charge is 0.367 e. The second-order valence-corrected chi connectivity index (χ2v) is 6.42. The number of halogens is 3. The Kier molecular flexibility index (Phi) is 5.53. The molecule has 0 radical (unpaired) electrons. The number of carbonyl (C=O) groups is 2. The average molecular weight is 392 g/mol. The van der Waals surface area contributed by atoms with Gasteiger partial charge in [-0.15, -0.1) is 0 Å². The van der Waals surface area contributed by atoms with Gasteiger partial charge < -0.3 is 15.1 Å². The van der Waals surface area contributed by atoms with Crippen molar-refractivity contribution in [3.05, 3.63) is 53.7 Å². The standard InChI is InChI=1S/C19H19F3N4O2/c1-13(27)25-8-10-26(11-9-25)16-6-7-17(23-12-16)24-18(28)14-2-4-15(5-3-14)19(20,21)22/h2-7,12H,8-11H2,1H3,(H,23,24,28). The van der Waals surface area contributed by atoms with Crippen molar-refractivity contribution >= 4 is 23.3 Å². The summed E-state index contributed by atoms with van der Waals surface area (Å²) in [5, 5.41) is 2.57. The first-order chi connectivity index (χ1) is 13.2. The molecule has 9 heteroatoms. The van der Waals surface area contributed by atoms with E-state index >= 15 is 0 Å². The van der Waals surface area contributed by atoms with Crippen molar-refractivity contribution in [3.63, 3.8) is 0 Å². The first kappa shape index (κ1) is 19.7. The van der Waals surface area contributed by atoms with Gasteiger partial charge in [-0.25, -0.2) is 4.98 Å². The van der Waals surface area contributed by atoms with Crippen molar-refractivity contribution in [1.29, 1.82) is 0 Å². The molecule has 1 fully saturated rings. The molecule has 28 heavy (non-hydrogen) atoms. The van der Waals surface area contributed by atoms with E-state index in [1.54, 1.807) is 30.2 Å². The number of nitrogens with one attached hydrogen (secondary N) is 1. The van der Waals surface area contributed by atoms with E-state index in [4.69, 9.17) is 0 Å². The number of carbonyl (C=O) groups excluding carboxylic acids is 2. The van der Waals surface area contributed by atoms with Crippen LogP contribution >= 0.6 is 0 Å². The van der Waals surface area contributed by atoms with E-state index in [9.17, 15) is 22.8 Å². The van der Waals surface area contributed by atoms with Gasteiger partial charge in [0.25, 0.3) is 5.91 Å². The van der Waals surface area contributed by atoms with Gasteiger partial charge in [-0.3, -0.25) is 9.59 Å². The Labute approximate surface area is 160 Å². The number of aromatic nitrogens is 1. The third-order valence-electron chi connectivity index (χ3n) is 4.55. The largest absolute Gasteiger partial charge is 0.416 e. The third kappa shape index (κ3) is 4.59. The lowest BCUT2D eigenvalue weighted by molar-refractivity contribution is -0.137. The number of pyridine rings is 1. The minimum absolute atomic E-state index is 0.0547. The van der Waals surface area contributed by atoms with E-state index in [2.05, 4.69) is 15.2 Å². The minimum Gasteiger partial charge on any atom is -0.367 e. The van der Waals surface area contributed by atoms with Gasteiger partial charge in [-0.1, -0.05) is 0 Å². The van der Waals surface area contributed by atoms with Crippen LogP contribution in [0, 0.1) is 0 Å². The van der Waals surface area contributed by atoms with E-state index in [0.29, 0.717) is 32.0 Å². The maximum atomic E-state index is 12.6. The summed E-state index contributed by atoms with van der Waals surface area (Å²) in [6, 6.07) is 7.42. The van der Waals surface area contributed by atoms with Crippen LogP contribution in [0.5, 0.6) is 0 Å². The van der Waals surface area contributed by atoms with Crippen LogP contribution in [0.4, 0.5) is 24.7 Å². The molecular weight excluding hydrogens is 373 g/mol. The Hall–Kier alpha value is -3.10. The highest BCUT2D eigenvalue weighted by molar-refractivity contribution is 6.03. The molecule has 0 atom stereocenters. The number of nitrogens with zero attached hydrogens (tertiary/aromatic N) is 3. The van der Waals surface area contributed by atoms with Crippen LogP contribution in [0.25, 0.3) is 0 Å². The highest BCUT2D eigenvalue weighted by atomic mass is 19.4. The summed E-state index contributed by atoms with van der Waals surface area (Å²) in [5.41, 5.74) is 0.173. The molecule has 0 saturated carbocycles. The fourth-order valence-corrected chi connectivity index (χ4v) is 2.93. The summed E-state index contributed by atoms with van der Waals surface area (Å²) in [4.78, 5) is 31.6. The first-order valence-corrected chi connectivity index (χ1v) is 8.69. The molecule has 6 nitrogen and oxygen atoms in total. The molecule has 3 rings (SSSR count). The molecular formula is C19H19F3N4O2. The van der Waals surface area contributed by atoms with Crippen molar-refractivity contribution in [2.75, 3.05) is 36.4 Å². The van der Waals surface area contributed by atoms with Gasteiger partial charge in [0.05, 0.1) is 17.4 Å². The number of hydrogen-bond acceptors (Lipinski definition) is 4. The van der Waals surface area contributed by atoms with E-state index in [1.807, 2.05) is 0 Å². The van der Waals surface area contributed by atoms with Gasteiger partial charge in [0.15, 0.2) is 0 Å². The van der Waals surface area contributed by atoms with Gasteiger partial charge in [-0.2, -0.15) is 13.2 Å². The zero-order valence-corrected chi connectivity index (χ0v) is 15.2. The number of anilines is 2. The maximum Gasteiger partial charge on any atom is 0.416 e. The Morgan fingerprint density at radius 3 is 2.14 bits per heavy atom. The third-order valence-corrected chi connectivity index (χ3v) is 4.55. The molecule has 1 N–H and O–H groups in total. The quantitative estimate of drug-likeness (QED) is 0.872. The summed E-state index contributed by atoms with van der Waals surface area (Å²) in [6.07, 6.45) is -2.83. The molecule has 2 aromatic rings. The summed E-state index contributed by atoms with van der Waals surface area (Å²) in [5.74, 6) is -0.181. The maximum absolute atomic E-state index is 12.6. The second kappa shape index (κ2) is 7.87. The van der Waals surface area contributed by atoms with Gasteiger partial charge in [0, 0.05) is 38.7 Å². The zero-order chi connectivity index (χ0) is 20.3. The van der Waals surface area contributed by atoms with Crippen LogP contribution in [0.3, 0.4) is 0 Å². The Bertz CT molecular complexity index is 843. The summed E-state index contributed by atoms with van der Waals surface area (Å²) in [6.45, 7) is 4.21. The number of benzene rings is 1. The van der Waals surface area contributed by atoms with Gasteiger partial charge in [0.2, 0.25) is 5.91 Å². The molecule has 1 aromatic carbocycles. The SMILES string of the molecule is CC(=O)N1CCN(c2ccc(NC(=O)c3ccc(C(F)(F)F)cc3)nc2)CC1. The predicted molar refractivity (Wildman–Crippen MR) is 98.1 cm³/mol. The molecule has 0 spiro atoms. The van der Waals surface area contributed by atoms with Crippen molar-refractivity contribution in [1.82, 2.24) is 9.88 Å². The van der Waals surface area contributed by atoms with E-state index in [1.165, 1.54) is 0 Å². The zero-order valence-electron chi connectivity index (χ0n) is 15.2. The molecule has 0 bridgehead atoms.